The van der Waals surface area contributed by atoms with Crippen LogP contribution in [0.4, 0.5) is 15.9 Å². The van der Waals surface area contributed by atoms with E-state index in [4.69, 9.17) is 0 Å². The molecule has 0 radical (unpaired) electrons. The van der Waals surface area contributed by atoms with E-state index in [1.807, 2.05) is 4.90 Å². The number of hydrogen-bond acceptors (Lipinski definition) is 4. The minimum Gasteiger partial charge on any atom is -0.351 e. The Labute approximate surface area is 98.2 Å². The lowest BCUT2D eigenvalue weighted by molar-refractivity contribution is -0.384. The van der Waals surface area contributed by atoms with Gasteiger partial charge in [0, 0.05) is 20.1 Å². The normalized spacial score (nSPS) is 21.3. The zero-order chi connectivity index (χ0) is 12.4. The fourth-order valence-corrected chi connectivity index (χ4v) is 2.18. The van der Waals surface area contributed by atoms with Crippen LogP contribution in [0.1, 0.15) is 19.3 Å². The van der Waals surface area contributed by atoms with Crippen LogP contribution in [0, 0.1) is 10.1 Å². The number of nitrogens with zero attached hydrogens (tertiary/aromatic N) is 4. The zero-order valence-electron chi connectivity index (χ0n) is 9.67. The van der Waals surface area contributed by atoms with Gasteiger partial charge in [-0.15, -0.1) is 0 Å². The number of aryl methyl sites for hydroxylation is 1. The molecule has 1 unspecified atom stereocenters. The van der Waals surface area contributed by atoms with Crippen molar-refractivity contribution in [2.24, 2.45) is 7.05 Å². The first-order valence-electron chi connectivity index (χ1n) is 5.65. The Morgan fingerprint density at radius 1 is 1.53 bits per heavy atom. The number of rotatable bonds is 2. The van der Waals surface area contributed by atoms with Crippen LogP contribution in [0.15, 0.2) is 6.20 Å². The molecule has 0 N–H and O–H groups in total. The topological polar surface area (TPSA) is 64.2 Å². The summed E-state index contributed by atoms with van der Waals surface area (Å²) in [6.07, 6.45) is 2.11. The lowest BCUT2D eigenvalue weighted by atomic mass is 10.2. The minimum absolute atomic E-state index is 0.00944. The summed E-state index contributed by atoms with van der Waals surface area (Å²) in [5.41, 5.74) is -0.00944. The van der Waals surface area contributed by atoms with Crippen LogP contribution in [0.5, 0.6) is 0 Å². The molecule has 0 saturated carbocycles. The van der Waals surface area contributed by atoms with E-state index in [0.29, 0.717) is 38.2 Å². The third-order valence-corrected chi connectivity index (χ3v) is 3.04. The molecule has 1 aliphatic heterocycles. The van der Waals surface area contributed by atoms with E-state index in [1.165, 1.54) is 10.9 Å². The summed E-state index contributed by atoms with van der Waals surface area (Å²) in [4.78, 5) is 12.3. The highest BCUT2D eigenvalue weighted by Crippen LogP contribution is 2.29. The van der Waals surface area contributed by atoms with E-state index in [1.54, 1.807) is 7.05 Å². The number of hydrogen-bond donors (Lipinski definition) is 0. The average molecular weight is 242 g/mol. The molecule has 0 aliphatic carbocycles. The standard InChI is InChI=1S/C10H15FN4O2/c1-13-10(9(7-12-13)15(16)17)14-5-2-3-8(11)4-6-14/h7-8H,2-6H2,1H3. The summed E-state index contributed by atoms with van der Waals surface area (Å²) in [6, 6.07) is 0. The van der Waals surface area contributed by atoms with Crippen LogP contribution in [-0.4, -0.2) is 34.0 Å². The van der Waals surface area contributed by atoms with Crippen LogP contribution in [0.2, 0.25) is 0 Å². The summed E-state index contributed by atoms with van der Waals surface area (Å²) in [5.74, 6) is 0.476. The molecule has 1 atom stereocenters. The van der Waals surface area contributed by atoms with Gasteiger partial charge in [-0.3, -0.25) is 10.1 Å². The van der Waals surface area contributed by atoms with E-state index in [2.05, 4.69) is 5.10 Å². The van der Waals surface area contributed by atoms with Gasteiger partial charge in [0.25, 0.3) is 0 Å². The molecule has 1 aliphatic rings. The summed E-state index contributed by atoms with van der Waals surface area (Å²) < 4.78 is 14.7. The van der Waals surface area contributed by atoms with Crippen molar-refractivity contribution in [3.8, 4) is 0 Å². The van der Waals surface area contributed by atoms with Crippen molar-refractivity contribution in [2.45, 2.75) is 25.4 Å². The monoisotopic (exact) mass is 242 g/mol. The van der Waals surface area contributed by atoms with E-state index in [0.717, 1.165) is 0 Å². The highest BCUT2D eigenvalue weighted by Gasteiger charge is 2.26. The zero-order valence-corrected chi connectivity index (χ0v) is 9.67. The van der Waals surface area contributed by atoms with Crippen molar-refractivity contribution >= 4 is 11.5 Å². The smallest absolute Gasteiger partial charge is 0.331 e. The van der Waals surface area contributed by atoms with Crippen LogP contribution in [0.25, 0.3) is 0 Å². The maximum atomic E-state index is 13.2. The van der Waals surface area contributed by atoms with E-state index >= 15 is 0 Å². The molecule has 7 heteroatoms. The van der Waals surface area contributed by atoms with Crippen molar-refractivity contribution < 1.29 is 9.31 Å². The number of anilines is 1. The van der Waals surface area contributed by atoms with Crippen molar-refractivity contribution in [3.63, 3.8) is 0 Å². The Kier molecular flexibility index (Phi) is 3.26. The van der Waals surface area contributed by atoms with Crippen LogP contribution >= 0.6 is 0 Å². The van der Waals surface area contributed by atoms with Gasteiger partial charge in [-0.1, -0.05) is 0 Å². The van der Waals surface area contributed by atoms with E-state index in [9.17, 15) is 14.5 Å². The number of alkyl halides is 1. The predicted octanol–water partition coefficient (Wildman–Crippen LogP) is 1.66. The third kappa shape index (κ3) is 2.37. The second-order valence-corrected chi connectivity index (χ2v) is 4.25. The molecule has 0 amide bonds. The Morgan fingerprint density at radius 2 is 2.29 bits per heavy atom. The van der Waals surface area contributed by atoms with Gasteiger partial charge < -0.3 is 4.90 Å². The summed E-state index contributed by atoms with van der Waals surface area (Å²) in [6.45, 7) is 1.14. The molecule has 2 rings (SSSR count). The van der Waals surface area contributed by atoms with Crippen molar-refractivity contribution in [3.05, 3.63) is 16.3 Å². The molecule has 1 aromatic heterocycles. The highest BCUT2D eigenvalue weighted by atomic mass is 19.1. The molecular formula is C10H15FN4O2. The molecular weight excluding hydrogens is 227 g/mol. The summed E-state index contributed by atoms with van der Waals surface area (Å²) in [7, 11) is 1.67. The molecule has 1 saturated heterocycles. The van der Waals surface area contributed by atoms with Crippen molar-refractivity contribution in [1.29, 1.82) is 0 Å². The molecule has 0 aromatic carbocycles. The van der Waals surface area contributed by atoms with Crippen LogP contribution in [0.3, 0.4) is 0 Å². The van der Waals surface area contributed by atoms with Crippen LogP contribution < -0.4 is 4.90 Å². The highest BCUT2D eigenvalue weighted by molar-refractivity contribution is 5.57. The lowest BCUT2D eigenvalue weighted by Gasteiger charge is -2.21. The van der Waals surface area contributed by atoms with Crippen molar-refractivity contribution in [2.75, 3.05) is 18.0 Å². The van der Waals surface area contributed by atoms with E-state index < -0.39 is 11.1 Å². The summed E-state index contributed by atoms with van der Waals surface area (Å²) >= 11 is 0. The van der Waals surface area contributed by atoms with Gasteiger partial charge in [0.05, 0.1) is 4.92 Å². The molecule has 6 nitrogen and oxygen atoms in total. The lowest BCUT2D eigenvalue weighted by Crippen LogP contribution is -2.27. The Hall–Kier alpha value is -1.66. The Balaban J connectivity index is 2.26. The summed E-state index contributed by atoms with van der Waals surface area (Å²) in [5, 5.41) is 14.8. The number of aromatic nitrogens is 2. The van der Waals surface area contributed by atoms with Gasteiger partial charge in [-0.2, -0.15) is 5.10 Å². The van der Waals surface area contributed by atoms with Crippen LogP contribution in [-0.2, 0) is 7.05 Å². The fraction of sp³-hybridized carbons (Fsp3) is 0.700. The van der Waals surface area contributed by atoms with Gasteiger partial charge in [-0.05, 0) is 19.3 Å². The Bertz CT molecular complexity index is 420. The molecule has 1 fully saturated rings. The fourth-order valence-electron chi connectivity index (χ4n) is 2.18. The maximum absolute atomic E-state index is 13.2. The average Bonchev–Trinajstić information content (AvgIpc) is 2.52. The van der Waals surface area contributed by atoms with Gasteiger partial charge >= 0.3 is 5.69 Å². The molecule has 0 bridgehead atoms. The van der Waals surface area contributed by atoms with E-state index in [-0.39, 0.29) is 5.69 Å². The van der Waals surface area contributed by atoms with Gasteiger partial charge in [0.1, 0.15) is 12.4 Å². The number of halogens is 1. The molecule has 2 heterocycles. The van der Waals surface area contributed by atoms with Gasteiger partial charge in [0.2, 0.25) is 5.82 Å². The second-order valence-electron chi connectivity index (χ2n) is 4.25. The van der Waals surface area contributed by atoms with Gasteiger partial charge in [-0.25, -0.2) is 9.07 Å². The first-order chi connectivity index (χ1) is 8.09. The number of nitro groups is 1. The van der Waals surface area contributed by atoms with Gasteiger partial charge in [0.15, 0.2) is 0 Å². The third-order valence-electron chi connectivity index (χ3n) is 3.04. The first kappa shape index (κ1) is 11.8. The Morgan fingerprint density at radius 3 is 3.00 bits per heavy atom. The quantitative estimate of drug-likeness (QED) is 0.584. The molecule has 0 spiro atoms. The molecule has 94 valence electrons. The predicted molar refractivity (Wildman–Crippen MR) is 60.8 cm³/mol. The maximum Gasteiger partial charge on any atom is 0.331 e. The largest absolute Gasteiger partial charge is 0.351 e. The minimum atomic E-state index is -0.799. The molecule has 1 aromatic rings. The van der Waals surface area contributed by atoms with Crippen molar-refractivity contribution in [1.82, 2.24) is 9.78 Å². The second kappa shape index (κ2) is 4.68. The first-order valence-corrected chi connectivity index (χ1v) is 5.65. The molecule has 17 heavy (non-hydrogen) atoms. The SMILES string of the molecule is Cn1ncc([N+](=O)[O-])c1N1CCCC(F)CC1.